The molecule has 57 valence electrons. The summed E-state index contributed by atoms with van der Waals surface area (Å²) in [6.45, 7) is 2.34. The molecule has 1 fully saturated rings. The topological polar surface area (TPSA) is 16.1 Å². The molecule has 1 aromatic rings. The summed E-state index contributed by atoms with van der Waals surface area (Å²) >= 11 is 0. The molecule has 1 saturated heterocycles. The Kier molecular flexibility index (Phi) is 1.76. The van der Waals surface area contributed by atoms with Crippen molar-refractivity contribution < 1.29 is 0 Å². The summed E-state index contributed by atoms with van der Waals surface area (Å²) in [7, 11) is 0. The van der Waals surface area contributed by atoms with E-state index >= 15 is 0 Å². The van der Waals surface area contributed by atoms with Gasteiger partial charge in [0.15, 0.2) is 0 Å². The van der Waals surface area contributed by atoms with Gasteiger partial charge >= 0.3 is 0 Å². The summed E-state index contributed by atoms with van der Waals surface area (Å²) in [5.41, 5.74) is 1.14. The number of pyridine rings is 1. The third-order valence-electron chi connectivity index (χ3n) is 2.04. The molecule has 0 aliphatic carbocycles. The van der Waals surface area contributed by atoms with E-state index in [1.54, 1.807) is 6.20 Å². The largest absolute Gasteiger partial charge is 0.370 e. The molecule has 1 radical (unpaired) electrons. The standard InChI is InChI=1S/C9H11N2/c1-2-7-11(6-1)9-4-3-5-10-8-9/h3,5,8H,1-2,6-7H2. The van der Waals surface area contributed by atoms with Crippen molar-refractivity contribution in [1.82, 2.24) is 4.98 Å². The van der Waals surface area contributed by atoms with Gasteiger partial charge in [0.05, 0.1) is 11.9 Å². The molecule has 1 aromatic heterocycles. The van der Waals surface area contributed by atoms with Crippen LogP contribution >= 0.6 is 0 Å². The van der Waals surface area contributed by atoms with Gasteiger partial charge in [0.1, 0.15) is 0 Å². The number of anilines is 1. The van der Waals surface area contributed by atoms with Gasteiger partial charge in [0.2, 0.25) is 0 Å². The fourth-order valence-corrected chi connectivity index (χ4v) is 1.45. The minimum atomic E-state index is 1.14. The lowest BCUT2D eigenvalue weighted by atomic mass is 10.4. The van der Waals surface area contributed by atoms with E-state index in [4.69, 9.17) is 0 Å². The molecule has 2 nitrogen and oxygen atoms in total. The molecular formula is C9H11N2. The predicted octanol–water partition coefficient (Wildman–Crippen LogP) is 1.48. The molecular weight excluding hydrogens is 136 g/mol. The smallest absolute Gasteiger partial charge is 0.0633 e. The molecule has 11 heavy (non-hydrogen) atoms. The highest BCUT2D eigenvalue weighted by Crippen LogP contribution is 2.16. The fourth-order valence-electron chi connectivity index (χ4n) is 1.45. The zero-order valence-electron chi connectivity index (χ0n) is 6.45. The quantitative estimate of drug-likeness (QED) is 0.598. The average Bonchev–Trinajstić information content (AvgIpc) is 2.58. The van der Waals surface area contributed by atoms with E-state index < -0.39 is 0 Å². The van der Waals surface area contributed by atoms with Crippen LogP contribution in [0.2, 0.25) is 0 Å². The van der Waals surface area contributed by atoms with Gasteiger partial charge in [0, 0.05) is 25.4 Å². The Bertz CT molecular complexity index is 214. The summed E-state index contributed by atoms with van der Waals surface area (Å²) in [5.74, 6) is 0. The Morgan fingerprint density at radius 3 is 2.82 bits per heavy atom. The molecule has 0 amide bonds. The van der Waals surface area contributed by atoms with E-state index in [-0.39, 0.29) is 0 Å². The summed E-state index contributed by atoms with van der Waals surface area (Å²) in [6, 6.07) is 5.04. The van der Waals surface area contributed by atoms with E-state index in [1.165, 1.54) is 25.9 Å². The highest BCUT2D eigenvalue weighted by Gasteiger charge is 2.11. The lowest BCUT2D eigenvalue weighted by molar-refractivity contribution is 0.949. The van der Waals surface area contributed by atoms with Gasteiger partial charge in [-0.3, -0.25) is 4.98 Å². The van der Waals surface area contributed by atoms with Crippen molar-refractivity contribution in [2.75, 3.05) is 18.0 Å². The molecule has 0 atom stereocenters. The number of aromatic nitrogens is 1. The number of hydrogen-bond acceptors (Lipinski definition) is 2. The van der Waals surface area contributed by atoms with Gasteiger partial charge in [-0.1, -0.05) is 0 Å². The lowest BCUT2D eigenvalue weighted by Crippen LogP contribution is -2.17. The van der Waals surface area contributed by atoms with Crippen LogP contribution in [0.15, 0.2) is 18.5 Å². The zero-order valence-corrected chi connectivity index (χ0v) is 6.45. The third kappa shape index (κ3) is 1.34. The number of rotatable bonds is 1. The van der Waals surface area contributed by atoms with Crippen LogP contribution in [-0.4, -0.2) is 18.1 Å². The molecule has 0 bridgehead atoms. The van der Waals surface area contributed by atoms with Gasteiger partial charge < -0.3 is 4.90 Å². The fraction of sp³-hybridized carbons (Fsp3) is 0.444. The number of nitrogens with zero attached hydrogens (tertiary/aromatic N) is 2. The second kappa shape index (κ2) is 2.91. The molecule has 0 saturated carbocycles. The summed E-state index contributed by atoms with van der Waals surface area (Å²) < 4.78 is 0. The third-order valence-corrected chi connectivity index (χ3v) is 2.04. The maximum absolute atomic E-state index is 4.06. The maximum atomic E-state index is 4.06. The van der Waals surface area contributed by atoms with Crippen LogP contribution in [0.4, 0.5) is 5.69 Å². The molecule has 0 aromatic carbocycles. The van der Waals surface area contributed by atoms with Gasteiger partial charge in [-0.25, -0.2) is 0 Å². The normalized spacial score (nSPS) is 17.3. The predicted molar refractivity (Wildman–Crippen MR) is 44.5 cm³/mol. The van der Waals surface area contributed by atoms with Crippen LogP contribution in [0.1, 0.15) is 12.8 Å². The molecule has 2 heteroatoms. The highest BCUT2D eigenvalue weighted by atomic mass is 15.1. The van der Waals surface area contributed by atoms with Crippen LogP contribution in [0, 0.1) is 6.07 Å². The Labute approximate surface area is 66.9 Å². The van der Waals surface area contributed by atoms with Crippen LogP contribution < -0.4 is 4.90 Å². The first-order valence-electron chi connectivity index (χ1n) is 4.03. The van der Waals surface area contributed by atoms with Crippen molar-refractivity contribution in [3.05, 3.63) is 24.5 Å². The van der Waals surface area contributed by atoms with Gasteiger partial charge in [-0.05, 0) is 18.9 Å². The van der Waals surface area contributed by atoms with Crippen molar-refractivity contribution in [3.63, 3.8) is 0 Å². The van der Waals surface area contributed by atoms with E-state index in [0.717, 1.165) is 5.69 Å². The number of hydrogen-bond donors (Lipinski definition) is 0. The molecule has 2 rings (SSSR count). The summed E-state index contributed by atoms with van der Waals surface area (Å²) in [4.78, 5) is 6.38. The van der Waals surface area contributed by atoms with Gasteiger partial charge in [0.25, 0.3) is 0 Å². The van der Waals surface area contributed by atoms with Crippen LogP contribution in [0.5, 0.6) is 0 Å². The van der Waals surface area contributed by atoms with Crippen molar-refractivity contribution in [3.8, 4) is 0 Å². The average molecular weight is 147 g/mol. The Morgan fingerprint density at radius 1 is 1.36 bits per heavy atom. The van der Waals surface area contributed by atoms with E-state index in [1.807, 2.05) is 12.3 Å². The van der Waals surface area contributed by atoms with Crippen LogP contribution in [-0.2, 0) is 0 Å². The molecule has 0 unspecified atom stereocenters. The van der Waals surface area contributed by atoms with E-state index in [9.17, 15) is 0 Å². The second-order valence-corrected chi connectivity index (χ2v) is 2.82. The first-order chi connectivity index (χ1) is 5.47. The first-order valence-corrected chi connectivity index (χ1v) is 4.03. The minimum Gasteiger partial charge on any atom is -0.370 e. The maximum Gasteiger partial charge on any atom is 0.0633 e. The van der Waals surface area contributed by atoms with Crippen LogP contribution in [0.3, 0.4) is 0 Å². The molecule has 0 N–H and O–H groups in total. The van der Waals surface area contributed by atoms with Crippen LogP contribution in [0.25, 0.3) is 0 Å². The van der Waals surface area contributed by atoms with E-state index in [2.05, 4.69) is 16.0 Å². The SMILES string of the molecule is [c]1ccncc1N1CCCC1. The van der Waals surface area contributed by atoms with Crippen molar-refractivity contribution >= 4 is 5.69 Å². The Hall–Kier alpha value is -1.05. The Morgan fingerprint density at radius 2 is 2.18 bits per heavy atom. The molecule has 1 aliphatic rings. The molecule has 1 aliphatic heterocycles. The monoisotopic (exact) mass is 147 g/mol. The lowest BCUT2D eigenvalue weighted by Gasteiger charge is -2.15. The minimum absolute atomic E-state index is 1.14. The molecule has 0 spiro atoms. The molecule has 2 heterocycles. The van der Waals surface area contributed by atoms with Gasteiger partial charge in [-0.2, -0.15) is 0 Å². The van der Waals surface area contributed by atoms with Crippen molar-refractivity contribution in [2.24, 2.45) is 0 Å². The Balaban J connectivity index is 2.16. The van der Waals surface area contributed by atoms with Crippen molar-refractivity contribution in [1.29, 1.82) is 0 Å². The first kappa shape index (κ1) is 6.65. The summed E-state index contributed by atoms with van der Waals surface area (Å²) in [6.07, 6.45) is 6.26. The zero-order chi connectivity index (χ0) is 7.52. The second-order valence-electron chi connectivity index (χ2n) is 2.82. The summed E-state index contributed by atoms with van der Waals surface area (Å²) in [5, 5.41) is 0. The highest BCUT2D eigenvalue weighted by molar-refractivity contribution is 5.42. The van der Waals surface area contributed by atoms with Crippen molar-refractivity contribution in [2.45, 2.75) is 12.8 Å². The van der Waals surface area contributed by atoms with E-state index in [0.29, 0.717) is 0 Å². The van der Waals surface area contributed by atoms with Gasteiger partial charge in [-0.15, -0.1) is 0 Å².